The van der Waals surface area contributed by atoms with E-state index in [-0.39, 0.29) is 30.7 Å². The number of nitrogens with one attached hydrogen (secondary N) is 2. The molecule has 0 fully saturated rings. The molecule has 2 heterocycles. The zero-order valence-corrected chi connectivity index (χ0v) is 30.6. The molecule has 0 spiro atoms. The molecule has 2 amide bonds. The highest BCUT2D eigenvalue weighted by Gasteiger charge is 2.23. The van der Waals surface area contributed by atoms with Gasteiger partial charge in [-0.2, -0.15) is 4.98 Å². The first-order chi connectivity index (χ1) is 25.5. The summed E-state index contributed by atoms with van der Waals surface area (Å²) in [6, 6.07) is 21.3. The number of hydrogen-bond acceptors (Lipinski definition) is 9. The number of hydrogen-bond donors (Lipinski definition) is 3. The SMILES string of the molecule is CCCCCCOc1cccc(-c2noc(-c3cnc(-c4ccc(CC(NC(=O)c5ccc(C(C)(C)C)cc5)C(=O)NCCC(=O)O)cc4)nc3)n2)c1. The number of rotatable bonds is 17. The molecule has 0 radical (unpaired) electrons. The van der Waals surface area contributed by atoms with Crippen LogP contribution in [0.3, 0.4) is 0 Å². The number of nitrogens with zero attached hydrogens (tertiary/aromatic N) is 4. The summed E-state index contributed by atoms with van der Waals surface area (Å²) in [5.74, 6) is 0.0312. The van der Waals surface area contributed by atoms with E-state index >= 15 is 0 Å². The highest BCUT2D eigenvalue weighted by molar-refractivity contribution is 5.97. The smallest absolute Gasteiger partial charge is 0.305 e. The topological polar surface area (TPSA) is 169 Å². The van der Waals surface area contributed by atoms with Gasteiger partial charge < -0.3 is 25.0 Å². The van der Waals surface area contributed by atoms with Crippen LogP contribution in [0.1, 0.15) is 81.3 Å². The molecule has 2 aromatic heterocycles. The minimum Gasteiger partial charge on any atom is -0.494 e. The van der Waals surface area contributed by atoms with Gasteiger partial charge in [-0.1, -0.05) is 101 Å². The summed E-state index contributed by atoms with van der Waals surface area (Å²) in [5.41, 5.74) is 4.28. The van der Waals surface area contributed by atoms with Crippen molar-refractivity contribution in [3.63, 3.8) is 0 Å². The van der Waals surface area contributed by atoms with Crippen molar-refractivity contribution in [2.75, 3.05) is 13.2 Å². The van der Waals surface area contributed by atoms with E-state index in [2.05, 4.69) is 58.4 Å². The Morgan fingerprint density at radius 3 is 2.28 bits per heavy atom. The normalized spacial score (nSPS) is 11.8. The van der Waals surface area contributed by atoms with E-state index in [1.54, 1.807) is 24.5 Å². The third-order valence-corrected chi connectivity index (χ3v) is 8.61. The van der Waals surface area contributed by atoms with Gasteiger partial charge in [0.1, 0.15) is 11.8 Å². The van der Waals surface area contributed by atoms with E-state index < -0.39 is 23.8 Å². The molecule has 1 unspecified atom stereocenters. The van der Waals surface area contributed by atoms with Crippen LogP contribution in [-0.4, -0.2) is 62.2 Å². The van der Waals surface area contributed by atoms with Gasteiger partial charge in [0.05, 0.1) is 18.6 Å². The van der Waals surface area contributed by atoms with Crippen LogP contribution >= 0.6 is 0 Å². The van der Waals surface area contributed by atoms with Gasteiger partial charge in [0, 0.05) is 42.0 Å². The average Bonchev–Trinajstić information content (AvgIpc) is 3.65. The maximum absolute atomic E-state index is 13.2. The number of carboxylic acids is 1. The molecule has 0 saturated carbocycles. The van der Waals surface area contributed by atoms with E-state index in [0.29, 0.717) is 29.4 Å². The number of carboxylic acid groups (broad SMARTS) is 1. The van der Waals surface area contributed by atoms with E-state index in [0.717, 1.165) is 40.8 Å². The Kier molecular flexibility index (Phi) is 13.0. The van der Waals surface area contributed by atoms with Crippen LogP contribution in [0.4, 0.5) is 0 Å². The second kappa shape index (κ2) is 18.0. The highest BCUT2D eigenvalue weighted by Crippen LogP contribution is 2.26. The first-order valence-corrected chi connectivity index (χ1v) is 17.9. The summed E-state index contributed by atoms with van der Waals surface area (Å²) in [6.07, 6.45) is 7.71. The van der Waals surface area contributed by atoms with Gasteiger partial charge in [-0.3, -0.25) is 14.4 Å². The fourth-order valence-electron chi connectivity index (χ4n) is 5.50. The van der Waals surface area contributed by atoms with Crippen molar-refractivity contribution >= 4 is 17.8 Å². The maximum Gasteiger partial charge on any atom is 0.305 e. The number of aromatic nitrogens is 4. The van der Waals surface area contributed by atoms with E-state index in [1.807, 2.05) is 60.7 Å². The molecule has 3 N–H and O–H groups in total. The van der Waals surface area contributed by atoms with E-state index in [4.69, 9.17) is 14.4 Å². The predicted octanol–water partition coefficient (Wildman–Crippen LogP) is 7.05. The van der Waals surface area contributed by atoms with Crippen molar-refractivity contribution in [2.45, 2.75) is 77.7 Å². The summed E-state index contributed by atoms with van der Waals surface area (Å²) in [4.78, 5) is 50.9. The van der Waals surface area contributed by atoms with Crippen molar-refractivity contribution in [1.29, 1.82) is 0 Å². The molecule has 0 aliphatic carbocycles. The lowest BCUT2D eigenvalue weighted by Crippen LogP contribution is -2.48. The molecule has 276 valence electrons. The summed E-state index contributed by atoms with van der Waals surface area (Å²) in [7, 11) is 0. The summed E-state index contributed by atoms with van der Waals surface area (Å²) < 4.78 is 11.4. The molecule has 12 heteroatoms. The summed E-state index contributed by atoms with van der Waals surface area (Å²) >= 11 is 0. The Labute approximate surface area is 309 Å². The Bertz CT molecular complexity index is 1970. The summed E-state index contributed by atoms with van der Waals surface area (Å²) in [6.45, 7) is 9.05. The lowest BCUT2D eigenvalue weighted by molar-refractivity contribution is -0.137. The van der Waals surface area contributed by atoms with Crippen molar-refractivity contribution in [2.24, 2.45) is 0 Å². The molecular weight excluding hydrogens is 672 g/mol. The van der Waals surface area contributed by atoms with Crippen molar-refractivity contribution in [3.05, 3.63) is 102 Å². The van der Waals surface area contributed by atoms with Gasteiger partial charge in [0.25, 0.3) is 11.8 Å². The number of benzene rings is 3. The molecule has 0 bridgehead atoms. The Hall–Kier alpha value is -5.91. The third kappa shape index (κ3) is 11.0. The van der Waals surface area contributed by atoms with Crippen LogP contribution in [0.15, 0.2) is 89.7 Å². The van der Waals surface area contributed by atoms with Gasteiger partial charge in [-0.25, -0.2) is 9.97 Å². The standard InChI is InChI=1S/C41H46N6O6/c1-5-6-7-8-22-52-33-11-9-10-30(24-33)37-46-40(53-47-37)31-25-43-36(44-26-31)28-14-12-27(13-15-28)23-34(39(51)42-21-20-35(48)49)45-38(50)29-16-18-32(19-17-29)41(2,3)4/h9-19,24-26,34H,5-8,20-23H2,1-4H3,(H,42,51)(H,45,50)(H,48,49). The van der Waals surface area contributed by atoms with E-state index in [9.17, 15) is 14.4 Å². The number of amides is 2. The molecule has 5 rings (SSSR count). The predicted molar refractivity (Wildman–Crippen MR) is 201 cm³/mol. The molecule has 0 aliphatic heterocycles. The fraction of sp³-hybridized carbons (Fsp3) is 0.341. The highest BCUT2D eigenvalue weighted by atomic mass is 16.5. The van der Waals surface area contributed by atoms with Gasteiger partial charge in [0.15, 0.2) is 5.82 Å². The zero-order chi connectivity index (χ0) is 37.8. The average molecular weight is 719 g/mol. The number of ether oxygens (including phenoxy) is 1. The third-order valence-electron chi connectivity index (χ3n) is 8.61. The Morgan fingerprint density at radius 2 is 1.60 bits per heavy atom. The number of carbonyl (C=O) groups excluding carboxylic acids is 2. The molecule has 1 atom stereocenters. The van der Waals surface area contributed by atoms with Gasteiger partial charge in [-0.15, -0.1) is 0 Å². The van der Waals surface area contributed by atoms with Crippen molar-refractivity contribution in [1.82, 2.24) is 30.7 Å². The second-order valence-electron chi connectivity index (χ2n) is 13.8. The van der Waals surface area contributed by atoms with Crippen LogP contribution in [-0.2, 0) is 21.4 Å². The molecule has 5 aromatic rings. The van der Waals surface area contributed by atoms with Gasteiger partial charge in [0.2, 0.25) is 11.7 Å². The van der Waals surface area contributed by atoms with Crippen molar-refractivity contribution < 1.29 is 28.8 Å². The monoisotopic (exact) mass is 718 g/mol. The zero-order valence-electron chi connectivity index (χ0n) is 30.6. The fourth-order valence-corrected chi connectivity index (χ4v) is 5.50. The molecule has 12 nitrogen and oxygen atoms in total. The number of aliphatic carboxylic acids is 1. The first kappa shape index (κ1) is 38.3. The van der Waals surface area contributed by atoms with Crippen molar-refractivity contribution in [3.8, 4) is 40.0 Å². The second-order valence-corrected chi connectivity index (χ2v) is 13.8. The van der Waals surface area contributed by atoms with E-state index in [1.165, 1.54) is 12.8 Å². The quantitative estimate of drug-likeness (QED) is 0.0847. The molecular formula is C41H46N6O6. The van der Waals surface area contributed by atoms with Gasteiger partial charge in [-0.05, 0) is 47.2 Å². The van der Waals surface area contributed by atoms with Crippen LogP contribution in [0.2, 0.25) is 0 Å². The Balaban J connectivity index is 1.23. The maximum atomic E-state index is 13.2. The molecule has 53 heavy (non-hydrogen) atoms. The number of carbonyl (C=O) groups is 3. The lowest BCUT2D eigenvalue weighted by Gasteiger charge is -2.20. The van der Waals surface area contributed by atoms with Crippen LogP contribution in [0, 0.1) is 0 Å². The molecule has 0 aliphatic rings. The van der Waals surface area contributed by atoms with Crippen LogP contribution in [0.5, 0.6) is 5.75 Å². The Morgan fingerprint density at radius 1 is 0.868 bits per heavy atom. The number of unbranched alkanes of at least 4 members (excludes halogenated alkanes) is 3. The van der Waals surface area contributed by atoms with Crippen LogP contribution < -0.4 is 15.4 Å². The largest absolute Gasteiger partial charge is 0.494 e. The molecule has 0 saturated heterocycles. The molecule has 3 aromatic carbocycles. The first-order valence-electron chi connectivity index (χ1n) is 17.9. The van der Waals surface area contributed by atoms with Crippen LogP contribution in [0.25, 0.3) is 34.2 Å². The minimum absolute atomic E-state index is 0.0562. The van der Waals surface area contributed by atoms with Gasteiger partial charge >= 0.3 is 5.97 Å². The lowest BCUT2D eigenvalue weighted by atomic mass is 9.86. The minimum atomic E-state index is -1.03. The summed E-state index contributed by atoms with van der Waals surface area (Å²) in [5, 5.41) is 18.6.